The molecular formula is C20H23ClN4O3. The number of hydrogen-bond acceptors (Lipinski definition) is 5. The number of piperidine rings is 1. The predicted molar refractivity (Wildman–Crippen MR) is 109 cm³/mol. The van der Waals surface area contributed by atoms with Gasteiger partial charge in [-0.25, -0.2) is 4.98 Å². The lowest BCUT2D eigenvalue weighted by Gasteiger charge is -2.32. The van der Waals surface area contributed by atoms with E-state index in [2.05, 4.69) is 10.3 Å². The molecule has 2 unspecified atom stereocenters. The Kier molecular flexibility index (Phi) is 6.36. The van der Waals surface area contributed by atoms with Crippen molar-refractivity contribution in [3.63, 3.8) is 0 Å². The van der Waals surface area contributed by atoms with E-state index in [0.717, 1.165) is 25.2 Å². The number of nitrogens with one attached hydrogen (secondary N) is 1. The van der Waals surface area contributed by atoms with Crippen LogP contribution in [0.2, 0.25) is 5.02 Å². The molecule has 2 aromatic rings. The zero-order valence-electron chi connectivity index (χ0n) is 15.6. The van der Waals surface area contributed by atoms with Crippen molar-refractivity contribution in [2.75, 3.05) is 23.3 Å². The van der Waals surface area contributed by atoms with E-state index in [9.17, 15) is 9.59 Å². The highest BCUT2D eigenvalue weighted by Gasteiger charge is 2.24. The molecule has 0 spiro atoms. The van der Waals surface area contributed by atoms with Gasteiger partial charge in [0.1, 0.15) is 11.6 Å². The third kappa shape index (κ3) is 5.13. The molecule has 1 aromatic heterocycles. The number of primary amides is 1. The average molecular weight is 403 g/mol. The van der Waals surface area contributed by atoms with Gasteiger partial charge < -0.3 is 20.7 Å². The van der Waals surface area contributed by atoms with Gasteiger partial charge in [-0.3, -0.25) is 9.59 Å². The fourth-order valence-electron chi connectivity index (χ4n) is 3.08. The number of nitrogens with two attached hydrogens (primary N) is 1. The summed E-state index contributed by atoms with van der Waals surface area (Å²) in [6, 6.07) is 10.4. The maximum absolute atomic E-state index is 12.3. The standard InChI is InChI=1S/C20H23ClN4O3/c1-13(28-17-7-4-15(21)5-8-17)20(27)24-16-6-9-18(23-11-16)25-10-2-3-14(12-25)19(22)26/h4-9,11,13-14H,2-3,10,12H2,1H3,(H2,22,26)(H,24,27). The van der Waals surface area contributed by atoms with Crippen molar-refractivity contribution in [3.05, 3.63) is 47.6 Å². The van der Waals surface area contributed by atoms with Crippen LogP contribution >= 0.6 is 11.6 Å². The van der Waals surface area contributed by atoms with Crippen molar-refractivity contribution in [1.29, 1.82) is 0 Å². The maximum Gasteiger partial charge on any atom is 0.265 e. The van der Waals surface area contributed by atoms with Crippen LogP contribution in [0.15, 0.2) is 42.6 Å². The zero-order chi connectivity index (χ0) is 20.1. The van der Waals surface area contributed by atoms with Crippen LogP contribution in [0.3, 0.4) is 0 Å². The molecule has 7 nitrogen and oxygen atoms in total. The highest BCUT2D eigenvalue weighted by molar-refractivity contribution is 6.30. The van der Waals surface area contributed by atoms with Crippen molar-refractivity contribution in [1.82, 2.24) is 4.98 Å². The van der Waals surface area contributed by atoms with Crippen LogP contribution < -0.4 is 20.7 Å². The number of hydrogen-bond donors (Lipinski definition) is 2. The number of carbonyl (C=O) groups is 2. The second-order valence-corrected chi connectivity index (χ2v) is 7.23. The largest absolute Gasteiger partial charge is 0.481 e. The van der Waals surface area contributed by atoms with E-state index in [-0.39, 0.29) is 17.7 Å². The van der Waals surface area contributed by atoms with E-state index in [4.69, 9.17) is 22.1 Å². The minimum atomic E-state index is -0.681. The number of ether oxygens (including phenoxy) is 1. The van der Waals surface area contributed by atoms with E-state index in [1.54, 1.807) is 43.5 Å². The minimum absolute atomic E-state index is 0.152. The van der Waals surface area contributed by atoms with Crippen LogP contribution in [-0.4, -0.2) is 36.0 Å². The first kappa shape index (κ1) is 19.9. The van der Waals surface area contributed by atoms with Crippen LogP contribution in [0.25, 0.3) is 0 Å². The van der Waals surface area contributed by atoms with Crippen LogP contribution in [0.1, 0.15) is 19.8 Å². The van der Waals surface area contributed by atoms with E-state index in [0.29, 0.717) is 23.0 Å². The smallest absolute Gasteiger partial charge is 0.265 e. The Bertz CT molecular complexity index is 826. The molecule has 0 radical (unpaired) electrons. The fraction of sp³-hybridized carbons (Fsp3) is 0.350. The summed E-state index contributed by atoms with van der Waals surface area (Å²) in [6.07, 6.45) is 2.62. The highest BCUT2D eigenvalue weighted by atomic mass is 35.5. The van der Waals surface area contributed by atoms with E-state index >= 15 is 0 Å². The van der Waals surface area contributed by atoms with Crippen LogP contribution in [0.5, 0.6) is 5.75 Å². The molecule has 1 fully saturated rings. The van der Waals surface area contributed by atoms with Gasteiger partial charge >= 0.3 is 0 Å². The maximum atomic E-state index is 12.3. The van der Waals surface area contributed by atoms with Gasteiger partial charge in [-0.05, 0) is 56.2 Å². The Balaban J connectivity index is 1.56. The van der Waals surface area contributed by atoms with Crippen molar-refractivity contribution in [2.45, 2.75) is 25.9 Å². The first-order valence-corrected chi connectivity index (χ1v) is 9.53. The number of benzene rings is 1. The molecule has 2 heterocycles. The number of aromatic nitrogens is 1. The number of pyridine rings is 1. The Morgan fingerprint density at radius 1 is 1.29 bits per heavy atom. The van der Waals surface area contributed by atoms with Crippen LogP contribution in [0, 0.1) is 5.92 Å². The first-order chi connectivity index (χ1) is 13.4. The van der Waals surface area contributed by atoms with Crippen molar-refractivity contribution in [3.8, 4) is 5.75 Å². The van der Waals surface area contributed by atoms with Gasteiger partial charge in [0.25, 0.3) is 5.91 Å². The molecule has 3 N–H and O–H groups in total. The van der Waals surface area contributed by atoms with Gasteiger partial charge in [-0.1, -0.05) is 11.6 Å². The van der Waals surface area contributed by atoms with Gasteiger partial charge in [0.2, 0.25) is 5.91 Å². The number of amides is 2. The van der Waals surface area contributed by atoms with Crippen molar-refractivity contribution in [2.24, 2.45) is 11.7 Å². The van der Waals surface area contributed by atoms with Gasteiger partial charge in [-0.15, -0.1) is 0 Å². The third-order valence-electron chi connectivity index (χ3n) is 4.66. The molecule has 0 aliphatic carbocycles. The molecule has 1 aliphatic rings. The summed E-state index contributed by atoms with van der Waals surface area (Å²) in [5, 5.41) is 3.39. The Morgan fingerprint density at radius 2 is 2.04 bits per heavy atom. The molecule has 28 heavy (non-hydrogen) atoms. The Labute approximate surface area is 168 Å². The summed E-state index contributed by atoms with van der Waals surface area (Å²) in [4.78, 5) is 30.2. The highest BCUT2D eigenvalue weighted by Crippen LogP contribution is 2.23. The summed E-state index contributed by atoms with van der Waals surface area (Å²) in [7, 11) is 0. The van der Waals surface area contributed by atoms with Gasteiger partial charge in [0, 0.05) is 18.1 Å². The fourth-order valence-corrected chi connectivity index (χ4v) is 3.21. The zero-order valence-corrected chi connectivity index (χ0v) is 16.4. The van der Waals surface area contributed by atoms with Gasteiger partial charge in [0.05, 0.1) is 17.8 Å². The lowest BCUT2D eigenvalue weighted by atomic mass is 9.97. The molecule has 0 bridgehead atoms. The van der Waals surface area contributed by atoms with Crippen molar-refractivity contribution < 1.29 is 14.3 Å². The topological polar surface area (TPSA) is 97.5 Å². The quantitative estimate of drug-likeness (QED) is 0.774. The average Bonchev–Trinajstić information content (AvgIpc) is 2.70. The first-order valence-electron chi connectivity index (χ1n) is 9.16. The summed E-state index contributed by atoms with van der Waals surface area (Å²) in [6.45, 7) is 3.07. The summed E-state index contributed by atoms with van der Waals surface area (Å²) in [5.74, 6) is 0.615. The minimum Gasteiger partial charge on any atom is -0.481 e. The summed E-state index contributed by atoms with van der Waals surface area (Å²) < 4.78 is 5.61. The van der Waals surface area contributed by atoms with Gasteiger partial charge in [-0.2, -0.15) is 0 Å². The lowest BCUT2D eigenvalue weighted by Crippen LogP contribution is -2.41. The van der Waals surface area contributed by atoms with Crippen molar-refractivity contribution >= 4 is 34.9 Å². The normalized spacial score (nSPS) is 17.6. The molecule has 1 saturated heterocycles. The molecular weight excluding hydrogens is 380 g/mol. The molecule has 148 valence electrons. The second kappa shape index (κ2) is 8.93. The molecule has 8 heteroatoms. The lowest BCUT2D eigenvalue weighted by molar-refractivity contribution is -0.122. The van der Waals surface area contributed by atoms with E-state index in [1.807, 2.05) is 11.0 Å². The number of carbonyl (C=O) groups excluding carboxylic acids is 2. The third-order valence-corrected chi connectivity index (χ3v) is 4.91. The monoisotopic (exact) mass is 402 g/mol. The molecule has 3 rings (SSSR count). The predicted octanol–water partition coefficient (Wildman–Crippen LogP) is 2.84. The molecule has 2 atom stereocenters. The summed E-state index contributed by atoms with van der Waals surface area (Å²) >= 11 is 5.84. The Hall–Kier alpha value is -2.80. The molecule has 0 saturated carbocycles. The van der Waals surface area contributed by atoms with Crippen LogP contribution in [0.4, 0.5) is 11.5 Å². The molecule has 2 amide bonds. The summed E-state index contributed by atoms with van der Waals surface area (Å²) in [5.41, 5.74) is 6.00. The number of nitrogens with zero attached hydrogens (tertiary/aromatic N) is 2. The van der Waals surface area contributed by atoms with Crippen LogP contribution in [-0.2, 0) is 9.59 Å². The van der Waals surface area contributed by atoms with E-state index in [1.165, 1.54) is 0 Å². The number of rotatable bonds is 6. The van der Waals surface area contributed by atoms with Gasteiger partial charge in [0.15, 0.2) is 6.10 Å². The second-order valence-electron chi connectivity index (χ2n) is 6.80. The van der Waals surface area contributed by atoms with E-state index < -0.39 is 6.10 Å². The molecule has 1 aliphatic heterocycles. The Morgan fingerprint density at radius 3 is 2.68 bits per heavy atom. The number of anilines is 2. The SMILES string of the molecule is CC(Oc1ccc(Cl)cc1)C(=O)Nc1ccc(N2CCCC(C(N)=O)C2)nc1. The number of halogens is 1. The molecule has 1 aromatic carbocycles.